The number of ether oxygens (including phenoxy) is 2. The first kappa shape index (κ1) is 85.0. The minimum absolute atomic E-state index is 0.0589. The Morgan fingerprint density at radius 2 is 0.500 bits per heavy atom. The minimum Gasteiger partial charge on any atom is -0.462 e. The predicted molar refractivity (Wildman–Crippen MR) is 372 cm³/mol. The number of hydrogen-bond donors (Lipinski definition) is 2. The molecule has 0 aliphatic rings. The molecule has 9 nitrogen and oxygen atoms in total. The van der Waals surface area contributed by atoms with Gasteiger partial charge in [0.05, 0.1) is 13.2 Å². The largest absolute Gasteiger partial charge is 0.472 e. The maximum atomic E-state index is 12.8. The summed E-state index contributed by atoms with van der Waals surface area (Å²) < 4.78 is 33.3. The van der Waals surface area contributed by atoms with Crippen LogP contribution in [0.25, 0.3) is 0 Å². The molecule has 514 valence electrons. The van der Waals surface area contributed by atoms with E-state index in [4.69, 9.17) is 24.3 Å². The average Bonchev–Trinajstić information content (AvgIpc) is 3.59. The van der Waals surface area contributed by atoms with Gasteiger partial charge in [0.15, 0.2) is 6.10 Å². The van der Waals surface area contributed by atoms with Gasteiger partial charge < -0.3 is 20.1 Å². The Morgan fingerprint density at radius 3 is 0.709 bits per heavy atom. The fourth-order valence-corrected chi connectivity index (χ4v) is 13.2. The van der Waals surface area contributed by atoms with E-state index in [1.165, 1.54) is 379 Å². The SMILES string of the molecule is CCCCCCCCCCCCCCCCCCCCCCCCCCCCCCCCCCCCCC(=O)OC(COC(=O)CCCCCCCCCCCCCCCCCCCCCCCCCCCCCCCC)COP(=O)(O)OCCN. The van der Waals surface area contributed by atoms with E-state index in [9.17, 15) is 19.0 Å². The van der Waals surface area contributed by atoms with Crippen LogP contribution in [0, 0.1) is 0 Å². The Balaban J connectivity index is 3.74. The maximum absolute atomic E-state index is 12.8. The molecule has 3 N–H and O–H groups in total. The molecule has 0 rings (SSSR count). The smallest absolute Gasteiger partial charge is 0.462 e. The highest BCUT2D eigenvalue weighted by Gasteiger charge is 2.26. The lowest BCUT2D eigenvalue weighted by molar-refractivity contribution is -0.161. The van der Waals surface area contributed by atoms with Crippen LogP contribution in [0.3, 0.4) is 0 Å². The molecule has 86 heavy (non-hydrogen) atoms. The zero-order valence-corrected chi connectivity index (χ0v) is 59.0. The number of esters is 2. The van der Waals surface area contributed by atoms with Gasteiger partial charge in [0.1, 0.15) is 6.61 Å². The third-order valence-electron chi connectivity index (χ3n) is 18.2. The summed E-state index contributed by atoms with van der Waals surface area (Å²) in [5.74, 6) is -0.795. The van der Waals surface area contributed by atoms with Gasteiger partial charge in [-0.15, -0.1) is 0 Å². The van der Waals surface area contributed by atoms with Crippen molar-refractivity contribution in [2.45, 2.75) is 450 Å². The zero-order valence-electron chi connectivity index (χ0n) is 58.1. The summed E-state index contributed by atoms with van der Waals surface area (Å²) in [4.78, 5) is 35.4. The van der Waals surface area contributed by atoms with Gasteiger partial charge in [0, 0.05) is 19.4 Å². The highest BCUT2D eigenvalue weighted by atomic mass is 31.2. The molecule has 0 aromatic rings. The van der Waals surface area contributed by atoms with Crippen molar-refractivity contribution in [3.05, 3.63) is 0 Å². The molecule has 0 aromatic heterocycles. The molecule has 0 saturated heterocycles. The molecule has 2 atom stereocenters. The van der Waals surface area contributed by atoms with Crippen LogP contribution in [-0.4, -0.2) is 49.3 Å². The molecule has 0 bridgehead atoms. The fourth-order valence-electron chi connectivity index (χ4n) is 12.5. The second kappa shape index (κ2) is 73.1. The van der Waals surface area contributed by atoms with Crippen molar-refractivity contribution in [1.29, 1.82) is 0 Å². The Morgan fingerprint density at radius 1 is 0.302 bits per heavy atom. The number of unbranched alkanes of at least 4 members (excludes halogenated alkanes) is 63. The summed E-state index contributed by atoms with van der Waals surface area (Å²) in [6, 6.07) is 0. The molecule has 0 spiro atoms. The number of phosphoric acid groups is 1. The summed E-state index contributed by atoms with van der Waals surface area (Å²) >= 11 is 0. The van der Waals surface area contributed by atoms with E-state index < -0.39 is 26.5 Å². The number of hydrogen-bond acceptors (Lipinski definition) is 8. The van der Waals surface area contributed by atoms with Crippen LogP contribution in [-0.2, 0) is 32.7 Å². The van der Waals surface area contributed by atoms with Crippen molar-refractivity contribution in [2.24, 2.45) is 5.73 Å². The Hall–Kier alpha value is -0.990. The van der Waals surface area contributed by atoms with Gasteiger partial charge in [0.2, 0.25) is 0 Å². The van der Waals surface area contributed by atoms with Crippen molar-refractivity contribution < 1.29 is 37.6 Å². The number of rotatable bonds is 76. The van der Waals surface area contributed by atoms with E-state index in [1.807, 2.05) is 0 Å². The number of phosphoric ester groups is 1. The summed E-state index contributed by atoms with van der Waals surface area (Å²) in [5.41, 5.74) is 5.41. The lowest BCUT2D eigenvalue weighted by Crippen LogP contribution is -2.29. The second-order valence-corrected chi connectivity index (χ2v) is 28.4. The van der Waals surface area contributed by atoms with Gasteiger partial charge >= 0.3 is 19.8 Å². The van der Waals surface area contributed by atoms with Crippen LogP contribution < -0.4 is 5.73 Å². The van der Waals surface area contributed by atoms with E-state index in [1.54, 1.807) is 0 Å². The minimum atomic E-state index is -4.39. The van der Waals surface area contributed by atoms with Gasteiger partial charge in [-0.1, -0.05) is 418 Å². The first-order valence-electron chi connectivity index (χ1n) is 39.0. The summed E-state index contributed by atoms with van der Waals surface area (Å²) in [6.45, 7) is 3.86. The lowest BCUT2D eigenvalue weighted by Gasteiger charge is -2.19. The zero-order chi connectivity index (χ0) is 62.3. The molecule has 10 heteroatoms. The van der Waals surface area contributed by atoms with Crippen LogP contribution in [0.2, 0.25) is 0 Å². The van der Waals surface area contributed by atoms with Gasteiger partial charge in [-0.05, 0) is 12.8 Å². The van der Waals surface area contributed by atoms with E-state index in [0.29, 0.717) is 12.8 Å². The van der Waals surface area contributed by atoms with Crippen molar-refractivity contribution in [3.63, 3.8) is 0 Å². The molecule has 0 heterocycles. The van der Waals surface area contributed by atoms with E-state index >= 15 is 0 Å². The van der Waals surface area contributed by atoms with Crippen molar-refractivity contribution >= 4 is 19.8 Å². The standard InChI is InChI=1S/C76H152NO8P/c1-3-5-7-9-11-13-15-17-19-21-23-25-27-29-31-33-35-36-37-38-39-41-43-45-47-49-51-53-55-57-59-61-63-65-67-69-76(79)85-74(73-84-86(80,81)83-71-70-77)72-82-75(78)68-66-64-62-60-58-56-54-52-50-48-46-44-42-40-34-32-30-28-26-24-22-20-18-16-14-12-10-8-6-4-2/h74H,3-73,77H2,1-2H3,(H,80,81). The number of carbonyl (C=O) groups excluding carboxylic acids is 2. The number of nitrogens with two attached hydrogens (primary N) is 1. The van der Waals surface area contributed by atoms with Crippen molar-refractivity contribution in [2.75, 3.05) is 26.4 Å². The van der Waals surface area contributed by atoms with E-state index in [-0.39, 0.29) is 32.1 Å². The van der Waals surface area contributed by atoms with Crippen LogP contribution in [0.5, 0.6) is 0 Å². The Bertz CT molecular complexity index is 1370. The molecule has 0 aromatic carbocycles. The first-order valence-corrected chi connectivity index (χ1v) is 40.5. The average molecular weight is 1240 g/mol. The molecule has 0 aliphatic carbocycles. The molecule has 0 saturated carbocycles. The van der Waals surface area contributed by atoms with Gasteiger partial charge in [0.25, 0.3) is 0 Å². The van der Waals surface area contributed by atoms with Crippen LogP contribution in [0.1, 0.15) is 444 Å². The van der Waals surface area contributed by atoms with Crippen molar-refractivity contribution in [3.8, 4) is 0 Å². The molecule has 0 amide bonds. The quantitative estimate of drug-likeness (QED) is 0.0347. The highest BCUT2D eigenvalue weighted by molar-refractivity contribution is 7.47. The second-order valence-electron chi connectivity index (χ2n) is 27.0. The van der Waals surface area contributed by atoms with Gasteiger partial charge in [-0.25, -0.2) is 4.57 Å². The molecular formula is C76H152NO8P. The third-order valence-corrected chi connectivity index (χ3v) is 19.2. The molecule has 0 radical (unpaired) electrons. The van der Waals surface area contributed by atoms with Crippen LogP contribution in [0.15, 0.2) is 0 Å². The van der Waals surface area contributed by atoms with E-state index in [0.717, 1.165) is 32.1 Å². The van der Waals surface area contributed by atoms with E-state index in [2.05, 4.69) is 13.8 Å². The molecule has 0 fully saturated rings. The highest BCUT2D eigenvalue weighted by Crippen LogP contribution is 2.43. The molecular weight excluding hydrogens is 1090 g/mol. The predicted octanol–water partition coefficient (Wildman–Crippen LogP) is 25.7. The van der Waals surface area contributed by atoms with Crippen molar-refractivity contribution in [1.82, 2.24) is 0 Å². The van der Waals surface area contributed by atoms with Crippen LogP contribution in [0.4, 0.5) is 0 Å². The Labute approximate surface area is 537 Å². The third kappa shape index (κ3) is 72.1. The summed E-state index contributed by atoms with van der Waals surface area (Å²) in [6.07, 6.45) is 88.2. The van der Waals surface area contributed by atoms with Gasteiger partial charge in [-0.3, -0.25) is 18.6 Å². The molecule has 2 unspecified atom stereocenters. The topological polar surface area (TPSA) is 134 Å². The monoisotopic (exact) mass is 1240 g/mol. The lowest BCUT2D eigenvalue weighted by atomic mass is 10.0. The molecule has 0 aliphatic heterocycles. The summed E-state index contributed by atoms with van der Waals surface area (Å²) in [7, 11) is -4.39. The van der Waals surface area contributed by atoms with Crippen LogP contribution >= 0.6 is 7.82 Å². The Kier molecular flexibility index (Phi) is 72.2. The fraction of sp³-hybridized carbons (Fsp3) is 0.974. The van der Waals surface area contributed by atoms with Gasteiger partial charge in [-0.2, -0.15) is 0 Å². The normalized spacial score (nSPS) is 12.7. The first-order chi connectivity index (χ1) is 42.3. The maximum Gasteiger partial charge on any atom is 0.472 e. The number of carbonyl (C=O) groups is 2. The summed E-state index contributed by atoms with van der Waals surface area (Å²) in [5, 5.41) is 0.